The average Bonchev–Trinajstić information content (AvgIpc) is 3.36. The van der Waals surface area contributed by atoms with E-state index in [1.807, 2.05) is 6.92 Å². The fraction of sp³-hybridized carbons (Fsp3) is 0.364. The molecule has 158 valence electrons. The highest BCUT2D eigenvalue weighted by atomic mass is 16.5. The van der Waals surface area contributed by atoms with Crippen LogP contribution in [0.4, 0.5) is 0 Å². The fourth-order valence-electron chi connectivity index (χ4n) is 3.70. The topological polar surface area (TPSA) is 101 Å². The molecule has 0 saturated heterocycles. The van der Waals surface area contributed by atoms with Crippen molar-refractivity contribution in [2.45, 2.75) is 32.7 Å². The highest BCUT2D eigenvalue weighted by molar-refractivity contribution is 6.20. The second-order valence-electron chi connectivity index (χ2n) is 6.79. The highest BCUT2D eigenvalue weighted by Gasteiger charge is 2.38. The first kappa shape index (κ1) is 21.3. The molecule has 8 nitrogen and oxygen atoms in total. The van der Waals surface area contributed by atoms with Gasteiger partial charge in [0.15, 0.2) is 0 Å². The largest absolute Gasteiger partial charge is 0.465 e. The van der Waals surface area contributed by atoms with Crippen molar-refractivity contribution in [2.24, 2.45) is 0 Å². The summed E-state index contributed by atoms with van der Waals surface area (Å²) in [7, 11) is 2.39. The van der Waals surface area contributed by atoms with Crippen molar-refractivity contribution in [3.8, 4) is 0 Å². The first-order valence-corrected chi connectivity index (χ1v) is 9.69. The van der Waals surface area contributed by atoms with Crippen molar-refractivity contribution in [3.05, 3.63) is 57.9 Å². The number of nitrogens with zero attached hydrogens (tertiary/aromatic N) is 1. The Morgan fingerprint density at radius 2 is 1.57 bits per heavy atom. The summed E-state index contributed by atoms with van der Waals surface area (Å²) >= 11 is 0. The van der Waals surface area contributed by atoms with Gasteiger partial charge >= 0.3 is 17.9 Å². The van der Waals surface area contributed by atoms with Crippen molar-refractivity contribution >= 4 is 23.7 Å². The van der Waals surface area contributed by atoms with Gasteiger partial charge in [-0.2, -0.15) is 0 Å². The molecule has 8 heteroatoms. The minimum atomic E-state index is -0.813. The Morgan fingerprint density at radius 1 is 0.933 bits per heavy atom. The average molecular weight is 413 g/mol. The molecule has 0 N–H and O–H groups in total. The number of benzene rings is 1. The molecule has 2 aromatic rings. The summed E-state index contributed by atoms with van der Waals surface area (Å²) in [4.78, 5) is 51.1. The van der Waals surface area contributed by atoms with E-state index in [2.05, 4.69) is 0 Å². The number of esters is 3. The highest BCUT2D eigenvalue weighted by Crippen LogP contribution is 2.32. The van der Waals surface area contributed by atoms with E-state index in [0.717, 1.165) is 0 Å². The Bertz CT molecular complexity index is 1020. The van der Waals surface area contributed by atoms with Gasteiger partial charge in [-0.15, -0.1) is 0 Å². The quantitative estimate of drug-likeness (QED) is 0.391. The van der Waals surface area contributed by atoms with E-state index in [4.69, 9.17) is 14.2 Å². The van der Waals surface area contributed by atoms with Gasteiger partial charge < -0.3 is 18.8 Å². The molecule has 0 spiro atoms. The van der Waals surface area contributed by atoms with Crippen LogP contribution in [0.5, 0.6) is 0 Å². The van der Waals surface area contributed by atoms with Crippen LogP contribution in [0, 0.1) is 0 Å². The van der Waals surface area contributed by atoms with Crippen molar-refractivity contribution in [1.29, 1.82) is 0 Å². The van der Waals surface area contributed by atoms with Crippen LogP contribution in [0.2, 0.25) is 0 Å². The maximum absolute atomic E-state index is 13.6. The molecule has 3 rings (SSSR count). The Balaban J connectivity index is 2.20. The van der Waals surface area contributed by atoms with E-state index in [1.165, 1.54) is 26.4 Å². The lowest BCUT2D eigenvalue weighted by Gasteiger charge is -2.11. The summed E-state index contributed by atoms with van der Waals surface area (Å²) in [6.07, 6.45) is 1.87. The van der Waals surface area contributed by atoms with Crippen LogP contribution in [0.25, 0.3) is 0 Å². The van der Waals surface area contributed by atoms with Gasteiger partial charge in [0, 0.05) is 17.8 Å². The molecule has 0 radical (unpaired) electrons. The predicted octanol–water partition coefficient (Wildman–Crippen LogP) is 2.81. The zero-order valence-corrected chi connectivity index (χ0v) is 17.1. The van der Waals surface area contributed by atoms with Crippen LogP contribution >= 0.6 is 0 Å². The van der Waals surface area contributed by atoms with E-state index >= 15 is 0 Å². The molecule has 1 aliphatic heterocycles. The third kappa shape index (κ3) is 3.60. The van der Waals surface area contributed by atoms with Crippen molar-refractivity contribution in [1.82, 2.24) is 4.57 Å². The van der Waals surface area contributed by atoms with Gasteiger partial charge in [0.05, 0.1) is 32.0 Å². The number of ether oxygens (including phenoxy) is 3. The molecule has 0 amide bonds. The molecule has 1 aromatic carbocycles. The van der Waals surface area contributed by atoms with Gasteiger partial charge in [-0.05, 0) is 25.3 Å². The predicted molar refractivity (Wildman–Crippen MR) is 106 cm³/mol. The molecule has 1 aromatic heterocycles. The minimum absolute atomic E-state index is 0.0190. The first-order valence-electron chi connectivity index (χ1n) is 9.69. The smallest absolute Gasteiger partial charge is 0.341 e. The zero-order valence-electron chi connectivity index (χ0n) is 17.1. The molecule has 0 aliphatic carbocycles. The summed E-state index contributed by atoms with van der Waals surface area (Å²) in [5.41, 5.74) is 0.659. The van der Waals surface area contributed by atoms with Crippen LogP contribution in [0.15, 0.2) is 24.3 Å². The Morgan fingerprint density at radius 3 is 2.20 bits per heavy atom. The third-order valence-corrected chi connectivity index (χ3v) is 4.99. The monoisotopic (exact) mass is 413 g/mol. The van der Waals surface area contributed by atoms with Gasteiger partial charge in [-0.25, -0.2) is 14.4 Å². The van der Waals surface area contributed by atoms with E-state index in [0.29, 0.717) is 31.5 Å². The number of carbonyl (C=O) groups is 4. The summed E-state index contributed by atoms with van der Waals surface area (Å²) in [6.45, 7) is 2.55. The molecule has 0 bridgehead atoms. The lowest BCUT2D eigenvalue weighted by molar-refractivity contribution is 0.0501. The molecule has 1 aliphatic rings. The fourth-order valence-corrected chi connectivity index (χ4v) is 3.70. The summed E-state index contributed by atoms with van der Waals surface area (Å²) in [6, 6.07) is 6.25. The van der Waals surface area contributed by atoms with Crippen LogP contribution in [-0.4, -0.2) is 49.1 Å². The molecular formula is C22H23NO7. The Labute approximate surface area is 173 Å². The second-order valence-corrected chi connectivity index (χ2v) is 6.79. The number of methoxy groups -OCH3 is 2. The van der Waals surface area contributed by atoms with Gasteiger partial charge in [-0.1, -0.05) is 25.1 Å². The molecule has 0 atom stereocenters. The number of aromatic nitrogens is 1. The zero-order chi connectivity index (χ0) is 21.8. The van der Waals surface area contributed by atoms with Crippen LogP contribution < -0.4 is 0 Å². The minimum Gasteiger partial charge on any atom is -0.465 e. The number of hydrogen-bond acceptors (Lipinski definition) is 7. The SMILES string of the molecule is CCCOC(=O)c1ccccc1C(=O)c1c(C(=O)OC)c(C(=O)OC)c2n1CCC2. The molecule has 0 fully saturated rings. The summed E-state index contributed by atoms with van der Waals surface area (Å²) < 4.78 is 16.6. The molecule has 0 unspecified atom stereocenters. The molecule has 30 heavy (non-hydrogen) atoms. The van der Waals surface area contributed by atoms with E-state index in [-0.39, 0.29) is 34.6 Å². The van der Waals surface area contributed by atoms with Gasteiger partial charge in [0.1, 0.15) is 11.3 Å². The van der Waals surface area contributed by atoms with Crippen LogP contribution in [-0.2, 0) is 27.2 Å². The molecule has 0 saturated carbocycles. The third-order valence-electron chi connectivity index (χ3n) is 4.99. The number of fused-ring (bicyclic) bond motifs is 1. The van der Waals surface area contributed by atoms with Gasteiger partial charge in [-0.3, -0.25) is 4.79 Å². The maximum atomic E-state index is 13.6. The van der Waals surface area contributed by atoms with E-state index in [9.17, 15) is 19.2 Å². The summed E-state index contributed by atoms with van der Waals surface area (Å²) in [5.74, 6) is -2.71. The number of hydrogen-bond donors (Lipinski definition) is 0. The Hall–Kier alpha value is -3.42. The number of carbonyl (C=O) groups excluding carboxylic acids is 4. The van der Waals surface area contributed by atoms with Crippen LogP contribution in [0.3, 0.4) is 0 Å². The van der Waals surface area contributed by atoms with Gasteiger partial charge in [0.25, 0.3) is 0 Å². The standard InChI is InChI=1S/C22H23NO7/c1-4-12-30-20(25)14-9-6-5-8-13(14)19(24)18-17(22(27)29-3)16(21(26)28-2)15-10-7-11-23(15)18/h5-6,8-9H,4,7,10-12H2,1-3H3. The number of rotatable bonds is 7. The van der Waals surface area contributed by atoms with Gasteiger partial charge in [0.2, 0.25) is 5.78 Å². The van der Waals surface area contributed by atoms with Crippen molar-refractivity contribution < 1.29 is 33.4 Å². The lowest BCUT2D eigenvalue weighted by Crippen LogP contribution is -2.19. The lowest BCUT2D eigenvalue weighted by atomic mass is 9.97. The van der Waals surface area contributed by atoms with E-state index in [1.54, 1.807) is 16.7 Å². The number of ketones is 1. The van der Waals surface area contributed by atoms with Crippen molar-refractivity contribution in [3.63, 3.8) is 0 Å². The first-order chi connectivity index (χ1) is 14.5. The normalized spacial score (nSPS) is 12.2. The summed E-state index contributed by atoms with van der Waals surface area (Å²) in [5, 5.41) is 0. The van der Waals surface area contributed by atoms with Crippen molar-refractivity contribution in [2.75, 3.05) is 20.8 Å². The van der Waals surface area contributed by atoms with E-state index < -0.39 is 23.7 Å². The molecular weight excluding hydrogens is 390 g/mol. The second kappa shape index (κ2) is 8.94. The molecule has 2 heterocycles. The maximum Gasteiger partial charge on any atom is 0.341 e. The Kier molecular flexibility index (Phi) is 6.34. The van der Waals surface area contributed by atoms with Crippen LogP contribution in [0.1, 0.15) is 72.6 Å².